The summed E-state index contributed by atoms with van der Waals surface area (Å²) in [6.45, 7) is 2.77. The van der Waals surface area contributed by atoms with Gasteiger partial charge in [-0.25, -0.2) is 4.98 Å². The Kier molecular flexibility index (Phi) is 6.12. The average Bonchev–Trinajstić information content (AvgIpc) is 3.54. The lowest BCUT2D eigenvalue weighted by molar-refractivity contribution is 0.103. The summed E-state index contributed by atoms with van der Waals surface area (Å²) >= 11 is 9.08. The molecule has 3 heterocycles. The Morgan fingerprint density at radius 3 is 2.68 bits per heavy atom. The number of halogens is 1. The molecule has 0 atom stereocenters. The molecule has 5 aromatic rings. The summed E-state index contributed by atoms with van der Waals surface area (Å²) in [5.74, 6) is 0.747. The van der Waals surface area contributed by atoms with Gasteiger partial charge in [0.25, 0.3) is 5.91 Å². The summed E-state index contributed by atoms with van der Waals surface area (Å²) in [6.07, 6.45) is 0. The van der Waals surface area contributed by atoms with Crippen molar-refractivity contribution in [1.29, 1.82) is 0 Å². The van der Waals surface area contributed by atoms with Crippen molar-refractivity contribution in [3.05, 3.63) is 80.6 Å². The third kappa shape index (κ3) is 4.44. The van der Waals surface area contributed by atoms with Gasteiger partial charge in [-0.05, 0) is 55.0 Å². The second-order valence-electron chi connectivity index (χ2n) is 8.02. The fraction of sp³-hybridized carbons (Fsp3) is 0.160. The van der Waals surface area contributed by atoms with E-state index in [0.717, 1.165) is 38.5 Å². The molecule has 1 amide bonds. The number of aromatic nitrogens is 3. The van der Waals surface area contributed by atoms with Crippen molar-refractivity contribution in [2.45, 2.75) is 13.5 Å². The zero-order valence-corrected chi connectivity index (χ0v) is 21.3. The van der Waals surface area contributed by atoms with E-state index >= 15 is 0 Å². The number of carbonyl (C=O) groups excluding carboxylic acids is 1. The van der Waals surface area contributed by atoms with E-state index in [9.17, 15) is 4.79 Å². The first-order valence-corrected chi connectivity index (χ1v) is 12.7. The van der Waals surface area contributed by atoms with Crippen molar-refractivity contribution >= 4 is 62.6 Å². The van der Waals surface area contributed by atoms with E-state index < -0.39 is 0 Å². The number of nitrogens with zero attached hydrogens (tertiary/aromatic N) is 4. The Morgan fingerprint density at radius 2 is 1.94 bits per heavy atom. The lowest BCUT2D eigenvalue weighted by atomic mass is 10.2. The van der Waals surface area contributed by atoms with Gasteiger partial charge in [0, 0.05) is 39.9 Å². The summed E-state index contributed by atoms with van der Waals surface area (Å²) in [7, 11) is 3.93. The van der Waals surface area contributed by atoms with Gasteiger partial charge in [-0.2, -0.15) is 5.10 Å². The van der Waals surface area contributed by atoms with Crippen LogP contribution >= 0.6 is 34.3 Å². The van der Waals surface area contributed by atoms with Gasteiger partial charge in [0.1, 0.15) is 0 Å². The summed E-state index contributed by atoms with van der Waals surface area (Å²) in [6, 6.07) is 17.3. The number of fused-ring (bicyclic) bond motifs is 1. The van der Waals surface area contributed by atoms with Gasteiger partial charge in [-0.15, -0.1) is 22.7 Å². The smallest absolute Gasteiger partial charge is 0.265 e. The van der Waals surface area contributed by atoms with Crippen LogP contribution in [-0.2, 0) is 13.6 Å². The number of thiophene rings is 1. The predicted molar refractivity (Wildman–Crippen MR) is 142 cm³/mol. The first kappa shape index (κ1) is 22.6. The molecule has 9 heteroatoms. The first-order valence-electron chi connectivity index (χ1n) is 10.6. The van der Waals surface area contributed by atoms with Gasteiger partial charge in [-0.1, -0.05) is 23.7 Å². The van der Waals surface area contributed by atoms with Crippen LogP contribution in [0, 0.1) is 6.92 Å². The van der Waals surface area contributed by atoms with E-state index in [1.807, 2.05) is 78.9 Å². The molecule has 172 valence electrons. The van der Waals surface area contributed by atoms with Gasteiger partial charge in [0.05, 0.1) is 28.1 Å². The van der Waals surface area contributed by atoms with Gasteiger partial charge >= 0.3 is 0 Å². The highest BCUT2D eigenvalue weighted by atomic mass is 35.5. The molecule has 5 rings (SSSR count). The zero-order valence-electron chi connectivity index (χ0n) is 18.9. The minimum atomic E-state index is -0.136. The van der Waals surface area contributed by atoms with E-state index in [-0.39, 0.29) is 5.91 Å². The number of anilines is 2. The van der Waals surface area contributed by atoms with Gasteiger partial charge in [0.2, 0.25) is 0 Å². The number of benzene rings is 2. The topological polar surface area (TPSA) is 63.1 Å². The number of hydrogen-bond donors (Lipinski definition) is 1. The first-order chi connectivity index (χ1) is 16.4. The SMILES string of the molecule is Cc1scnc1CN(C)c1nn(C)c2cc(NC(=O)c3ccc(-c4ccc(Cl)cc4)s3)ccc12. The molecular weight excluding hydrogens is 486 g/mol. The van der Waals surface area contributed by atoms with Crippen LogP contribution in [0.3, 0.4) is 0 Å². The van der Waals surface area contributed by atoms with Gasteiger partial charge < -0.3 is 10.2 Å². The second-order valence-corrected chi connectivity index (χ2v) is 10.6. The van der Waals surface area contributed by atoms with Gasteiger partial charge in [-0.3, -0.25) is 9.48 Å². The zero-order chi connectivity index (χ0) is 23.8. The van der Waals surface area contributed by atoms with Crippen molar-refractivity contribution in [2.75, 3.05) is 17.3 Å². The maximum Gasteiger partial charge on any atom is 0.265 e. The lowest BCUT2D eigenvalue weighted by Crippen LogP contribution is -2.18. The minimum absolute atomic E-state index is 0.136. The Balaban J connectivity index is 1.35. The van der Waals surface area contributed by atoms with E-state index in [0.29, 0.717) is 16.4 Å². The molecule has 0 aliphatic rings. The van der Waals surface area contributed by atoms with Crippen LogP contribution in [-0.4, -0.2) is 27.7 Å². The molecule has 0 unspecified atom stereocenters. The minimum Gasteiger partial charge on any atom is -0.352 e. The fourth-order valence-electron chi connectivity index (χ4n) is 3.80. The molecule has 0 radical (unpaired) electrons. The van der Waals surface area contributed by atoms with Gasteiger partial charge in [0.15, 0.2) is 5.82 Å². The summed E-state index contributed by atoms with van der Waals surface area (Å²) < 4.78 is 1.84. The highest BCUT2D eigenvalue weighted by Crippen LogP contribution is 2.31. The molecule has 0 spiro atoms. The van der Waals surface area contributed by atoms with Crippen molar-refractivity contribution < 1.29 is 4.79 Å². The van der Waals surface area contributed by atoms with Crippen molar-refractivity contribution in [3.8, 4) is 10.4 Å². The predicted octanol–water partition coefficient (Wildman–Crippen LogP) is 6.61. The molecule has 0 saturated carbocycles. The molecule has 0 bridgehead atoms. The van der Waals surface area contributed by atoms with E-state index in [2.05, 4.69) is 22.1 Å². The van der Waals surface area contributed by atoms with Crippen LogP contribution in [0.25, 0.3) is 21.3 Å². The van der Waals surface area contributed by atoms with Crippen LogP contribution in [0.1, 0.15) is 20.2 Å². The molecule has 0 aliphatic heterocycles. The summed E-state index contributed by atoms with van der Waals surface area (Å²) in [5, 5.41) is 9.46. The average molecular weight is 508 g/mol. The van der Waals surface area contributed by atoms with E-state index in [1.165, 1.54) is 16.2 Å². The highest BCUT2D eigenvalue weighted by Gasteiger charge is 2.16. The third-order valence-corrected chi connectivity index (χ3v) is 7.83. The monoisotopic (exact) mass is 507 g/mol. The Morgan fingerprint density at radius 1 is 1.15 bits per heavy atom. The summed E-state index contributed by atoms with van der Waals surface area (Å²) in [5.41, 5.74) is 5.64. The van der Waals surface area contributed by atoms with E-state index in [1.54, 1.807) is 11.3 Å². The second kappa shape index (κ2) is 9.21. The number of amides is 1. The number of carbonyl (C=O) groups is 1. The maximum atomic E-state index is 12.9. The largest absolute Gasteiger partial charge is 0.352 e. The number of hydrogen-bond acceptors (Lipinski definition) is 6. The normalized spacial score (nSPS) is 11.2. The number of aryl methyl sites for hydroxylation is 2. The number of nitrogens with one attached hydrogen (secondary N) is 1. The standard InChI is InChI=1S/C25H22ClN5OS2/c1-15-20(27-14-33-15)13-30(2)24-19-9-8-18(12-21(19)31(3)29-24)28-25(32)23-11-10-22(34-23)16-4-6-17(26)7-5-16/h4-12,14H,13H2,1-3H3,(H,28,32). The van der Waals surface area contributed by atoms with Crippen molar-refractivity contribution in [3.63, 3.8) is 0 Å². The van der Waals surface area contributed by atoms with Crippen LogP contribution < -0.4 is 10.2 Å². The molecule has 2 aromatic carbocycles. The molecule has 0 saturated heterocycles. The van der Waals surface area contributed by atoms with Crippen LogP contribution in [0.2, 0.25) is 5.02 Å². The lowest BCUT2D eigenvalue weighted by Gasteiger charge is -2.16. The third-order valence-electron chi connectivity index (χ3n) is 5.64. The molecule has 0 fully saturated rings. The van der Waals surface area contributed by atoms with Crippen molar-refractivity contribution in [1.82, 2.24) is 14.8 Å². The Bertz CT molecular complexity index is 1490. The molecule has 6 nitrogen and oxygen atoms in total. The molecular formula is C25H22ClN5OS2. The molecule has 0 aliphatic carbocycles. The Hall–Kier alpha value is -3.20. The quantitative estimate of drug-likeness (QED) is 0.281. The molecule has 34 heavy (non-hydrogen) atoms. The molecule has 3 aromatic heterocycles. The Labute approximate surface area is 210 Å². The number of rotatable bonds is 6. The van der Waals surface area contributed by atoms with E-state index in [4.69, 9.17) is 16.7 Å². The molecule has 1 N–H and O–H groups in total. The van der Waals surface area contributed by atoms with Crippen molar-refractivity contribution in [2.24, 2.45) is 7.05 Å². The van der Waals surface area contributed by atoms with Crippen LogP contribution in [0.15, 0.2) is 60.1 Å². The highest BCUT2D eigenvalue weighted by molar-refractivity contribution is 7.17. The maximum absolute atomic E-state index is 12.9. The fourth-order valence-corrected chi connectivity index (χ4v) is 5.42. The van der Waals surface area contributed by atoms with Crippen LogP contribution in [0.5, 0.6) is 0 Å². The number of thiazole rings is 1. The summed E-state index contributed by atoms with van der Waals surface area (Å²) in [4.78, 5) is 22.3. The van der Waals surface area contributed by atoms with Crippen LogP contribution in [0.4, 0.5) is 11.5 Å².